The van der Waals surface area contributed by atoms with E-state index in [4.69, 9.17) is 5.11 Å². The number of thiophene rings is 1. The van der Waals surface area contributed by atoms with Crippen molar-refractivity contribution in [3.05, 3.63) is 57.8 Å². The Morgan fingerprint density at radius 3 is 2.65 bits per heavy atom. The van der Waals surface area contributed by atoms with Crippen molar-refractivity contribution < 1.29 is 14.7 Å². The Bertz CT molecular complexity index is 679. The fraction of sp³-hybridized carbons (Fsp3) is 0.333. The maximum absolute atomic E-state index is 12.5. The summed E-state index contributed by atoms with van der Waals surface area (Å²) < 4.78 is 0. The molecule has 0 bridgehead atoms. The van der Waals surface area contributed by atoms with Crippen molar-refractivity contribution in [2.45, 2.75) is 31.7 Å². The summed E-state index contributed by atoms with van der Waals surface area (Å²) in [4.78, 5) is 25.4. The third kappa shape index (κ3) is 3.62. The molecule has 1 amide bonds. The SMILES string of the molecule is O=C(O)c1ccc(CCC(=O)N2CCC[C@@H]2c2ccsc2)cc1. The molecule has 120 valence electrons. The number of aromatic carboxylic acids is 1. The first-order valence-corrected chi connectivity index (χ1v) is 8.73. The second-order valence-corrected chi connectivity index (χ2v) is 6.58. The molecule has 0 aliphatic carbocycles. The minimum Gasteiger partial charge on any atom is -0.478 e. The van der Waals surface area contributed by atoms with Gasteiger partial charge in [0, 0.05) is 13.0 Å². The standard InChI is InChI=1S/C18H19NO3S/c20-17(8-5-13-3-6-14(7-4-13)18(21)22)19-10-1-2-16(19)15-9-11-23-12-15/h3-4,6-7,9,11-12,16H,1-2,5,8,10H2,(H,21,22)/t16-/m1/s1. The summed E-state index contributed by atoms with van der Waals surface area (Å²) >= 11 is 1.67. The molecule has 1 aromatic heterocycles. The maximum atomic E-state index is 12.5. The summed E-state index contributed by atoms with van der Waals surface area (Å²) in [5.41, 5.74) is 2.51. The van der Waals surface area contributed by atoms with Crippen molar-refractivity contribution in [1.29, 1.82) is 0 Å². The van der Waals surface area contributed by atoms with Crippen LogP contribution in [0.15, 0.2) is 41.1 Å². The smallest absolute Gasteiger partial charge is 0.335 e. The number of carboxylic acids is 1. The molecule has 1 atom stereocenters. The molecule has 1 aliphatic heterocycles. The average molecular weight is 329 g/mol. The van der Waals surface area contributed by atoms with Gasteiger partial charge in [0.15, 0.2) is 0 Å². The number of carbonyl (C=O) groups excluding carboxylic acids is 1. The van der Waals surface area contributed by atoms with Crippen LogP contribution >= 0.6 is 11.3 Å². The van der Waals surface area contributed by atoms with Gasteiger partial charge >= 0.3 is 5.97 Å². The third-order valence-corrected chi connectivity index (χ3v) is 5.03. The van der Waals surface area contributed by atoms with Gasteiger partial charge in [0.2, 0.25) is 5.91 Å². The van der Waals surface area contributed by atoms with E-state index < -0.39 is 5.97 Å². The Hall–Kier alpha value is -2.14. The number of benzene rings is 1. The fourth-order valence-electron chi connectivity index (χ4n) is 3.09. The highest BCUT2D eigenvalue weighted by Gasteiger charge is 2.29. The van der Waals surface area contributed by atoms with Crippen molar-refractivity contribution >= 4 is 23.2 Å². The zero-order valence-corrected chi connectivity index (χ0v) is 13.6. The van der Waals surface area contributed by atoms with E-state index in [0.717, 1.165) is 24.9 Å². The zero-order valence-electron chi connectivity index (χ0n) is 12.8. The first-order valence-electron chi connectivity index (χ1n) is 7.79. The van der Waals surface area contributed by atoms with Gasteiger partial charge in [-0.3, -0.25) is 4.79 Å². The topological polar surface area (TPSA) is 57.6 Å². The van der Waals surface area contributed by atoms with Crippen LogP contribution in [0.3, 0.4) is 0 Å². The highest BCUT2D eigenvalue weighted by Crippen LogP contribution is 2.33. The molecular formula is C18H19NO3S. The summed E-state index contributed by atoms with van der Waals surface area (Å²) in [6, 6.07) is 9.08. The quantitative estimate of drug-likeness (QED) is 0.909. The number of hydrogen-bond acceptors (Lipinski definition) is 3. The lowest BCUT2D eigenvalue weighted by Gasteiger charge is -2.24. The molecule has 5 heteroatoms. The first kappa shape index (κ1) is 15.7. The van der Waals surface area contributed by atoms with E-state index in [1.165, 1.54) is 5.56 Å². The summed E-state index contributed by atoms with van der Waals surface area (Å²) in [6.45, 7) is 0.831. The van der Waals surface area contributed by atoms with Gasteiger partial charge in [-0.2, -0.15) is 11.3 Å². The first-order chi connectivity index (χ1) is 11.1. The molecular weight excluding hydrogens is 310 g/mol. The van der Waals surface area contributed by atoms with E-state index in [1.54, 1.807) is 35.6 Å². The van der Waals surface area contributed by atoms with Gasteiger partial charge in [0.1, 0.15) is 0 Å². The molecule has 1 N–H and O–H groups in total. The van der Waals surface area contributed by atoms with Gasteiger partial charge in [-0.25, -0.2) is 4.79 Å². The minimum absolute atomic E-state index is 0.181. The van der Waals surface area contributed by atoms with Gasteiger partial charge in [-0.05, 0) is 59.3 Å². The van der Waals surface area contributed by atoms with Crippen LogP contribution in [0.25, 0.3) is 0 Å². The van der Waals surface area contributed by atoms with E-state index in [-0.39, 0.29) is 17.5 Å². The number of carboxylic acid groups (broad SMARTS) is 1. The summed E-state index contributed by atoms with van der Waals surface area (Å²) in [5, 5.41) is 13.1. The highest BCUT2D eigenvalue weighted by molar-refractivity contribution is 7.07. The number of carbonyl (C=O) groups is 2. The van der Waals surface area contributed by atoms with Crippen LogP contribution in [0.2, 0.25) is 0 Å². The van der Waals surface area contributed by atoms with Crippen LogP contribution in [0.5, 0.6) is 0 Å². The molecule has 2 aromatic rings. The van der Waals surface area contributed by atoms with Crippen LogP contribution in [0.1, 0.15) is 46.8 Å². The number of likely N-dealkylation sites (tertiary alicyclic amines) is 1. The third-order valence-electron chi connectivity index (χ3n) is 4.33. The Kier molecular flexibility index (Phi) is 4.76. The molecule has 0 saturated carbocycles. The van der Waals surface area contributed by atoms with Crippen LogP contribution in [0, 0.1) is 0 Å². The lowest BCUT2D eigenvalue weighted by atomic mass is 10.1. The van der Waals surface area contributed by atoms with Gasteiger partial charge in [0.25, 0.3) is 0 Å². The van der Waals surface area contributed by atoms with E-state index >= 15 is 0 Å². The molecule has 1 aromatic carbocycles. The lowest BCUT2D eigenvalue weighted by Crippen LogP contribution is -2.30. The summed E-state index contributed by atoms with van der Waals surface area (Å²) in [5.74, 6) is -0.746. The van der Waals surface area contributed by atoms with E-state index in [0.29, 0.717) is 12.8 Å². The van der Waals surface area contributed by atoms with Crippen molar-refractivity contribution in [2.75, 3.05) is 6.54 Å². The molecule has 4 nitrogen and oxygen atoms in total. The van der Waals surface area contributed by atoms with Crippen molar-refractivity contribution in [2.24, 2.45) is 0 Å². The minimum atomic E-state index is -0.928. The molecule has 1 aliphatic rings. The lowest BCUT2D eigenvalue weighted by molar-refractivity contribution is -0.132. The molecule has 0 radical (unpaired) electrons. The Labute approximate surface area is 139 Å². The zero-order chi connectivity index (χ0) is 16.2. The predicted molar refractivity (Wildman–Crippen MR) is 89.7 cm³/mol. The number of rotatable bonds is 5. The van der Waals surface area contributed by atoms with Crippen LogP contribution in [0.4, 0.5) is 0 Å². The van der Waals surface area contributed by atoms with Crippen molar-refractivity contribution in [3.8, 4) is 0 Å². The summed E-state index contributed by atoms with van der Waals surface area (Å²) in [6.07, 6.45) is 3.20. The fourth-order valence-corrected chi connectivity index (χ4v) is 3.79. The monoisotopic (exact) mass is 329 g/mol. The molecule has 0 spiro atoms. The number of amides is 1. The summed E-state index contributed by atoms with van der Waals surface area (Å²) in [7, 11) is 0. The van der Waals surface area contributed by atoms with Gasteiger partial charge in [-0.15, -0.1) is 0 Å². The predicted octanol–water partition coefficient (Wildman–Crippen LogP) is 3.74. The van der Waals surface area contributed by atoms with Gasteiger partial charge in [0.05, 0.1) is 11.6 Å². The van der Waals surface area contributed by atoms with Crippen LogP contribution in [-0.4, -0.2) is 28.4 Å². The maximum Gasteiger partial charge on any atom is 0.335 e. The highest BCUT2D eigenvalue weighted by atomic mass is 32.1. The van der Waals surface area contributed by atoms with Crippen LogP contribution in [-0.2, 0) is 11.2 Å². The second-order valence-electron chi connectivity index (χ2n) is 5.80. The number of nitrogens with zero attached hydrogens (tertiary/aromatic N) is 1. The Balaban J connectivity index is 1.59. The average Bonchev–Trinajstić information content (AvgIpc) is 3.23. The van der Waals surface area contributed by atoms with E-state index in [1.807, 2.05) is 4.90 Å². The van der Waals surface area contributed by atoms with Crippen LogP contribution < -0.4 is 0 Å². The number of hydrogen-bond donors (Lipinski definition) is 1. The Morgan fingerprint density at radius 2 is 2.00 bits per heavy atom. The van der Waals surface area contributed by atoms with Gasteiger partial charge in [-0.1, -0.05) is 12.1 Å². The molecule has 2 heterocycles. The normalized spacial score (nSPS) is 17.4. The second kappa shape index (κ2) is 6.96. The van der Waals surface area contributed by atoms with E-state index in [2.05, 4.69) is 16.8 Å². The molecule has 23 heavy (non-hydrogen) atoms. The Morgan fingerprint density at radius 1 is 1.22 bits per heavy atom. The van der Waals surface area contributed by atoms with Gasteiger partial charge < -0.3 is 10.0 Å². The largest absolute Gasteiger partial charge is 0.478 e. The molecule has 1 fully saturated rings. The molecule has 1 saturated heterocycles. The molecule has 0 unspecified atom stereocenters. The number of aryl methyl sites for hydroxylation is 1. The van der Waals surface area contributed by atoms with Crippen molar-refractivity contribution in [1.82, 2.24) is 4.90 Å². The van der Waals surface area contributed by atoms with E-state index in [9.17, 15) is 9.59 Å². The van der Waals surface area contributed by atoms with Crippen molar-refractivity contribution in [3.63, 3.8) is 0 Å². The molecule has 3 rings (SSSR count).